The van der Waals surface area contributed by atoms with Gasteiger partial charge in [0.2, 0.25) is 5.95 Å². The molecule has 0 spiro atoms. The lowest BCUT2D eigenvalue weighted by atomic mass is 10.0. The Morgan fingerprint density at radius 2 is 2.29 bits per heavy atom. The van der Waals surface area contributed by atoms with Crippen molar-refractivity contribution < 1.29 is 9.90 Å². The van der Waals surface area contributed by atoms with Crippen molar-refractivity contribution in [2.75, 3.05) is 5.32 Å². The van der Waals surface area contributed by atoms with E-state index in [0.717, 1.165) is 19.3 Å². The van der Waals surface area contributed by atoms with Gasteiger partial charge in [-0.1, -0.05) is 13.8 Å². The Kier molecular flexibility index (Phi) is 3.31. The zero-order valence-electron chi connectivity index (χ0n) is 10.2. The Bertz CT molecular complexity index is 416. The summed E-state index contributed by atoms with van der Waals surface area (Å²) in [4.78, 5) is 14.9. The number of aliphatic carboxylic acids is 1. The molecule has 6 heteroatoms. The molecule has 0 saturated heterocycles. The van der Waals surface area contributed by atoms with Gasteiger partial charge in [0.1, 0.15) is 6.42 Å². The minimum atomic E-state index is -0.895. The van der Waals surface area contributed by atoms with Gasteiger partial charge in [0.05, 0.1) is 6.04 Å². The number of fused-ring (bicyclic) bond motifs is 1. The largest absolute Gasteiger partial charge is 0.481 e. The number of anilines is 1. The van der Waals surface area contributed by atoms with E-state index in [-0.39, 0.29) is 6.42 Å². The predicted octanol–water partition coefficient (Wildman–Crippen LogP) is 1.45. The second kappa shape index (κ2) is 4.73. The number of rotatable bonds is 4. The van der Waals surface area contributed by atoms with Crippen LogP contribution in [0.15, 0.2) is 0 Å². The molecule has 0 fully saturated rings. The van der Waals surface area contributed by atoms with Gasteiger partial charge in [-0.2, -0.15) is 10.1 Å². The maximum absolute atomic E-state index is 10.6. The van der Waals surface area contributed by atoms with E-state index in [1.54, 1.807) is 0 Å². The van der Waals surface area contributed by atoms with E-state index in [2.05, 4.69) is 29.2 Å². The molecule has 1 aliphatic heterocycles. The van der Waals surface area contributed by atoms with Crippen LogP contribution in [0.25, 0.3) is 0 Å². The van der Waals surface area contributed by atoms with E-state index >= 15 is 0 Å². The van der Waals surface area contributed by atoms with Crippen LogP contribution in [0.5, 0.6) is 0 Å². The summed E-state index contributed by atoms with van der Waals surface area (Å²) in [5.74, 6) is 0.203. The molecule has 2 unspecified atom stereocenters. The molecular formula is C11H18N4O2. The third-order valence-corrected chi connectivity index (χ3v) is 3.18. The van der Waals surface area contributed by atoms with Crippen LogP contribution in [0.4, 0.5) is 5.95 Å². The minimum Gasteiger partial charge on any atom is -0.481 e. The summed E-state index contributed by atoms with van der Waals surface area (Å²) in [7, 11) is 0. The lowest BCUT2D eigenvalue weighted by Crippen LogP contribution is -2.31. The lowest BCUT2D eigenvalue weighted by molar-refractivity contribution is -0.136. The Balaban J connectivity index is 2.25. The van der Waals surface area contributed by atoms with Crippen LogP contribution in [0, 0.1) is 0 Å². The number of carbonyl (C=O) groups is 1. The summed E-state index contributed by atoms with van der Waals surface area (Å²) < 4.78 is 1.84. The molecule has 6 nitrogen and oxygen atoms in total. The molecule has 0 radical (unpaired) electrons. The molecule has 0 aromatic carbocycles. The summed E-state index contributed by atoms with van der Waals surface area (Å²) in [5.41, 5.74) is 0. The summed E-state index contributed by atoms with van der Waals surface area (Å²) in [6, 6.07) is 0.737. The van der Waals surface area contributed by atoms with E-state index in [1.165, 1.54) is 0 Å². The molecule has 0 saturated carbocycles. The molecule has 1 aromatic rings. The average Bonchev–Trinajstić information content (AvgIpc) is 2.68. The van der Waals surface area contributed by atoms with E-state index in [1.807, 2.05) is 4.68 Å². The van der Waals surface area contributed by atoms with Gasteiger partial charge in [0.15, 0.2) is 5.82 Å². The first-order valence-corrected chi connectivity index (χ1v) is 6.07. The number of nitrogens with zero attached hydrogens (tertiary/aromatic N) is 3. The van der Waals surface area contributed by atoms with Crippen molar-refractivity contribution in [3.05, 3.63) is 5.82 Å². The topological polar surface area (TPSA) is 80.0 Å². The molecule has 1 aromatic heterocycles. The molecule has 94 valence electrons. The van der Waals surface area contributed by atoms with Crippen LogP contribution in [-0.4, -0.2) is 31.9 Å². The zero-order chi connectivity index (χ0) is 12.4. The van der Waals surface area contributed by atoms with E-state index in [0.29, 0.717) is 23.9 Å². The second-order valence-electron chi connectivity index (χ2n) is 4.41. The molecular weight excluding hydrogens is 220 g/mol. The fraction of sp³-hybridized carbons (Fsp3) is 0.727. The number of aromatic nitrogens is 3. The summed E-state index contributed by atoms with van der Waals surface area (Å²) in [6.45, 7) is 4.25. The van der Waals surface area contributed by atoms with Crippen molar-refractivity contribution in [1.82, 2.24) is 14.8 Å². The van der Waals surface area contributed by atoms with Crippen LogP contribution < -0.4 is 5.32 Å². The molecule has 1 aliphatic rings. The van der Waals surface area contributed by atoms with Crippen molar-refractivity contribution in [3.63, 3.8) is 0 Å². The maximum atomic E-state index is 10.6. The number of hydrogen-bond acceptors (Lipinski definition) is 4. The monoisotopic (exact) mass is 238 g/mol. The third kappa shape index (κ3) is 2.40. The fourth-order valence-corrected chi connectivity index (χ4v) is 2.21. The quantitative estimate of drug-likeness (QED) is 0.829. The second-order valence-corrected chi connectivity index (χ2v) is 4.41. The lowest BCUT2D eigenvalue weighted by Gasteiger charge is -2.29. The van der Waals surface area contributed by atoms with E-state index in [4.69, 9.17) is 5.11 Å². The van der Waals surface area contributed by atoms with Gasteiger partial charge in [-0.15, -0.1) is 0 Å². The van der Waals surface area contributed by atoms with E-state index in [9.17, 15) is 4.79 Å². The van der Waals surface area contributed by atoms with Crippen molar-refractivity contribution in [3.8, 4) is 0 Å². The SMILES string of the molecule is CCC1CC(CC)n2nc(CC(=O)O)nc2N1. The zero-order valence-corrected chi connectivity index (χ0v) is 10.2. The van der Waals surface area contributed by atoms with Crippen molar-refractivity contribution in [2.45, 2.75) is 51.6 Å². The molecule has 0 aliphatic carbocycles. The van der Waals surface area contributed by atoms with E-state index < -0.39 is 5.97 Å². The Morgan fingerprint density at radius 1 is 1.53 bits per heavy atom. The first-order valence-electron chi connectivity index (χ1n) is 6.07. The maximum Gasteiger partial charge on any atom is 0.311 e. The number of nitrogens with one attached hydrogen (secondary N) is 1. The number of hydrogen-bond donors (Lipinski definition) is 2. The molecule has 2 rings (SSSR count). The van der Waals surface area contributed by atoms with Crippen LogP contribution >= 0.6 is 0 Å². The Hall–Kier alpha value is -1.59. The summed E-state index contributed by atoms with van der Waals surface area (Å²) in [5, 5.41) is 16.3. The first-order chi connectivity index (χ1) is 8.13. The van der Waals surface area contributed by atoms with Crippen molar-refractivity contribution in [1.29, 1.82) is 0 Å². The molecule has 2 heterocycles. The Morgan fingerprint density at radius 3 is 2.88 bits per heavy atom. The third-order valence-electron chi connectivity index (χ3n) is 3.18. The number of carboxylic acid groups (broad SMARTS) is 1. The smallest absolute Gasteiger partial charge is 0.311 e. The van der Waals surface area contributed by atoms with Crippen LogP contribution in [0.2, 0.25) is 0 Å². The highest BCUT2D eigenvalue weighted by atomic mass is 16.4. The van der Waals surface area contributed by atoms with Gasteiger partial charge < -0.3 is 10.4 Å². The van der Waals surface area contributed by atoms with Gasteiger partial charge in [-0.3, -0.25) is 4.79 Å². The van der Waals surface area contributed by atoms with Gasteiger partial charge in [0.25, 0.3) is 0 Å². The Labute approximate surface area is 100 Å². The van der Waals surface area contributed by atoms with Crippen molar-refractivity contribution in [2.24, 2.45) is 0 Å². The van der Waals surface area contributed by atoms with Gasteiger partial charge >= 0.3 is 5.97 Å². The predicted molar refractivity (Wildman–Crippen MR) is 63.0 cm³/mol. The standard InChI is InChI=1S/C11H18N4O2/c1-3-7-5-8(4-2)15-11(12-7)13-9(14-15)6-10(16)17/h7-8H,3-6H2,1-2H3,(H,16,17)(H,12,13,14). The van der Waals surface area contributed by atoms with Crippen molar-refractivity contribution >= 4 is 11.9 Å². The summed E-state index contributed by atoms with van der Waals surface area (Å²) >= 11 is 0. The van der Waals surface area contributed by atoms with Gasteiger partial charge in [-0.05, 0) is 19.3 Å². The van der Waals surface area contributed by atoms with Crippen LogP contribution in [0.3, 0.4) is 0 Å². The highest BCUT2D eigenvalue weighted by Gasteiger charge is 2.27. The average molecular weight is 238 g/mol. The van der Waals surface area contributed by atoms with Gasteiger partial charge in [-0.25, -0.2) is 4.68 Å². The molecule has 17 heavy (non-hydrogen) atoms. The normalized spacial score (nSPS) is 22.9. The molecule has 0 amide bonds. The van der Waals surface area contributed by atoms with Crippen LogP contribution in [0.1, 0.15) is 45.0 Å². The molecule has 2 N–H and O–H groups in total. The number of carboxylic acids is 1. The van der Waals surface area contributed by atoms with Gasteiger partial charge in [0, 0.05) is 6.04 Å². The summed E-state index contributed by atoms with van der Waals surface area (Å²) in [6.07, 6.45) is 2.93. The first kappa shape index (κ1) is 11.9. The van der Waals surface area contributed by atoms with Crippen LogP contribution in [-0.2, 0) is 11.2 Å². The molecule has 2 atom stereocenters. The molecule has 0 bridgehead atoms. The highest BCUT2D eigenvalue weighted by molar-refractivity contribution is 5.69. The fourth-order valence-electron chi connectivity index (χ4n) is 2.21. The highest BCUT2D eigenvalue weighted by Crippen LogP contribution is 2.28. The minimum absolute atomic E-state index is 0.116.